The first-order valence-corrected chi connectivity index (χ1v) is 10.1. The van der Waals surface area contributed by atoms with E-state index in [1.54, 1.807) is 0 Å². The molecule has 2 aromatic carbocycles. The van der Waals surface area contributed by atoms with Crippen molar-refractivity contribution in [3.05, 3.63) is 54.6 Å². The molecule has 0 spiro atoms. The molecule has 1 atom stereocenters. The Morgan fingerprint density at radius 1 is 0.808 bits per heavy atom. The van der Waals surface area contributed by atoms with Gasteiger partial charge < -0.3 is 4.74 Å². The van der Waals surface area contributed by atoms with Crippen LogP contribution < -0.4 is 4.74 Å². The summed E-state index contributed by atoms with van der Waals surface area (Å²) in [5.74, 6) is 0.596. The Morgan fingerprint density at radius 3 is 2.23 bits per heavy atom. The molecule has 2 heteroatoms. The van der Waals surface area contributed by atoms with Gasteiger partial charge in [0.1, 0.15) is 5.75 Å². The first-order valence-electron chi connectivity index (χ1n) is 10.1. The van der Waals surface area contributed by atoms with E-state index in [-0.39, 0.29) is 11.9 Å². The van der Waals surface area contributed by atoms with Crippen LogP contribution in [0.5, 0.6) is 5.75 Å². The van der Waals surface area contributed by atoms with Gasteiger partial charge >= 0.3 is 5.97 Å². The number of hydrogen-bond donors (Lipinski definition) is 0. The standard InChI is InChI=1S/C24H32O2/c1-3-5-7-9-16-21(13-6-4-2)24(25)26-23-18-12-17-22(19-23)20-14-10-8-11-15-20/h8,10-12,14-15,17-19,21H,3-7,9,13,16H2,1-2H3. The first-order chi connectivity index (χ1) is 12.7. The van der Waals surface area contributed by atoms with Crippen LogP contribution in [0.1, 0.15) is 65.2 Å². The van der Waals surface area contributed by atoms with Crippen LogP contribution in [0.25, 0.3) is 11.1 Å². The molecule has 0 saturated carbocycles. The topological polar surface area (TPSA) is 26.3 Å². The number of hydrogen-bond acceptors (Lipinski definition) is 2. The fraction of sp³-hybridized carbons (Fsp3) is 0.458. The zero-order valence-corrected chi connectivity index (χ0v) is 16.2. The molecule has 0 amide bonds. The Bertz CT molecular complexity index is 648. The fourth-order valence-electron chi connectivity index (χ4n) is 3.22. The summed E-state index contributed by atoms with van der Waals surface area (Å²) in [4.78, 5) is 12.7. The number of rotatable bonds is 11. The molecule has 0 fully saturated rings. The Labute approximate surface area is 158 Å². The predicted molar refractivity (Wildman–Crippen MR) is 109 cm³/mol. The summed E-state index contributed by atoms with van der Waals surface area (Å²) < 4.78 is 5.75. The zero-order valence-electron chi connectivity index (χ0n) is 16.2. The van der Waals surface area contributed by atoms with Gasteiger partial charge in [0.05, 0.1) is 5.92 Å². The summed E-state index contributed by atoms with van der Waals surface area (Å²) in [6.07, 6.45) is 8.85. The lowest BCUT2D eigenvalue weighted by molar-refractivity contribution is -0.139. The monoisotopic (exact) mass is 352 g/mol. The number of benzene rings is 2. The minimum absolute atomic E-state index is 0.0205. The van der Waals surface area contributed by atoms with Crippen LogP contribution in [-0.2, 0) is 4.79 Å². The van der Waals surface area contributed by atoms with Crippen molar-refractivity contribution in [3.8, 4) is 16.9 Å². The van der Waals surface area contributed by atoms with E-state index in [9.17, 15) is 4.79 Å². The molecule has 0 bridgehead atoms. The van der Waals surface area contributed by atoms with E-state index in [1.807, 2.05) is 42.5 Å². The second kappa shape index (κ2) is 11.5. The maximum Gasteiger partial charge on any atom is 0.314 e. The smallest absolute Gasteiger partial charge is 0.314 e. The molecule has 0 saturated heterocycles. The average Bonchev–Trinajstić information content (AvgIpc) is 2.68. The Kier molecular flexibility index (Phi) is 8.95. The summed E-state index contributed by atoms with van der Waals surface area (Å²) in [5, 5.41) is 0. The molecule has 140 valence electrons. The van der Waals surface area contributed by atoms with E-state index in [0.717, 1.165) is 43.2 Å². The van der Waals surface area contributed by atoms with Gasteiger partial charge in [0, 0.05) is 0 Å². The van der Waals surface area contributed by atoms with E-state index in [1.165, 1.54) is 19.3 Å². The molecule has 0 aliphatic carbocycles. The van der Waals surface area contributed by atoms with Gasteiger partial charge in [0.15, 0.2) is 0 Å². The van der Waals surface area contributed by atoms with E-state index in [4.69, 9.17) is 4.74 Å². The Hall–Kier alpha value is -2.09. The third kappa shape index (κ3) is 6.67. The van der Waals surface area contributed by atoms with E-state index < -0.39 is 0 Å². The first kappa shape index (κ1) is 20.2. The molecule has 0 heterocycles. The highest BCUT2D eigenvalue weighted by Gasteiger charge is 2.20. The van der Waals surface area contributed by atoms with Crippen LogP contribution in [0.15, 0.2) is 54.6 Å². The molecule has 0 aliphatic rings. The van der Waals surface area contributed by atoms with Gasteiger partial charge in [-0.3, -0.25) is 4.79 Å². The lowest BCUT2D eigenvalue weighted by atomic mass is 9.95. The summed E-state index contributed by atoms with van der Waals surface area (Å²) in [5.41, 5.74) is 2.21. The highest BCUT2D eigenvalue weighted by molar-refractivity contribution is 5.76. The average molecular weight is 353 g/mol. The maximum atomic E-state index is 12.7. The highest BCUT2D eigenvalue weighted by atomic mass is 16.5. The van der Waals surface area contributed by atoms with Crippen LogP contribution in [0.2, 0.25) is 0 Å². The quantitative estimate of drug-likeness (QED) is 0.246. The van der Waals surface area contributed by atoms with Crippen molar-refractivity contribution < 1.29 is 9.53 Å². The van der Waals surface area contributed by atoms with Gasteiger partial charge in [-0.2, -0.15) is 0 Å². The number of esters is 1. The molecular weight excluding hydrogens is 320 g/mol. The van der Waals surface area contributed by atoms with Crippen molar-refractivity contribution in [2.24, 2.45) is 5.92 Å². The zero-order chi connectivity index (χ0) is 18.6. The second-order valence-electron chi connectivity index (χ2n) is 7.00. The minimum Gasteiger partial charge on any atom is -0.426 e. The summed E-state index contributed by atoms with van der Waals surface area (Å²) >= 11 is 0. The number of ether oxygens (including phenoxy) is 1. The number of carbonyl (C=O) groups is 1. The molecule has 2 nitrogen and oxygen atoms in total. The van der Waals surface area contributed by atoms with Gasteiger partial charge in [-0.25, -0.2) is 0 Å². The molecule has 26 heavy (non-hydrogen) atoms. The summed E-state index contributed by atoms with van der Waals surface area (Å²) in [6, 6.07) is 18.0. The SMILES string of the molecule is CCCCCCC(CCCC)C(=O)Oc1cccc(-c2ccccc2)c1. The third-order valence-electron chi connectivity index (χ3n) is 4.81. The van der Waals surface area contributed by atoms with E-state index in [2.05, 4.69) is 26.0 Å². The van der Waals surface area contributed by atoms with Crippen LogP contribution in [0, 0.1) is 5.92 Å². The normalized spacial score (nSPS) is 11.9. The van der Waals surface area contributed by atoms with Gasteiger partial charge in [-0.15, -0.1) is 0 Å². The molecule has 2 aromatic rings. The van der Waals surface area contributed by atoms with Gasteiger partial charge in [-0.1, -0.05) is 94.8 Å². The summed E-state index contributed by atoms with van der Waals surface area (Å²) in [6.45, 7) is 4.38. The lowest BCUT2D eigenvalue weighted by Crippen LogP contribution is -2.20. The van der Waals surface area contributed by atoms with Gasteiger partial charge in [-0.05, 0) is 36.1 Å². The predicted octanol–water partition coefficient (Wildman–Crippen LogP) is 7.04. The molecular formula is C24H32O2. The van der Waals surface area contributed by atoms with Crippen molar-refractivity contribution in [2.75, 3.05) is 0 Å². The van der Waals surface area contributed by atoms with E-state index >= 15 is 0 Å². The van der Waals surface area contributed by atoms with Crippen LogP contribution in [0.4, 0.5) is 0 Å². The van der Waals surface area contributed by atoms with Crippen molar-refractivity contribution in [3.63, 3.8) is 0 Å². The van der Waals surface area contributed by atoms with Crippen LogP contribution in [-0.4, -0.2) is 5.97 Å². The van der Waals surface area contributed by atoms with Crippen LogP contribution >= 0.6 is 0 Å². The maximum absolute atomic E-state index is 12.7. The number of unbranched alkanes of at least 4 members (excludes halogenated alkanes) is 4. The largest absolute Gasteiger partial charge is 0.426 e. The van der Waals surface area contributed by atoms with Crippen LogP contribution in [0.3, 0.4) is 0 Å². The molecule has 1 unspecified atom stereocenters. The summed E-state index contributed by atoms with van der Waals surface area (Å²) in [7, 11) is 0. The molecule has 0 aromatic heterocycles. The number of carbonyl (C=O) groups excluding carboxylic acids is 1. The highest BCUT2D eigenvalue weighted by Crippen LogP contribution is 2.25. The van der Waals surface area contributed by atoms with Gasteiger partial charge in [0.2, 0.25) is 0 Å². The molecule has 2 rings (SSSR count). The molecule has 0 aliphatic heterocycles. The Balaban J connectivity index is 2.00. The molecule has 0 radical (unpaired) electrons. The van der Waals surface area contributed by atoms with Crippen molar-refractivity contribution in [1.82, 2.24) is 0 Å². The van der Waals surface area contributed by atoms with E-state index in [0.29, 0.717) is 5.75 Å². The Morgan fingerprint density at radius 2 is 1.50 bits per heavy atom. The van der Waals surface area contributed by atoms with Gasteiger partial charge in [0.25, 0.3) is 0 Å². The fourth-order valence-corrected chi connectivity index (χ4v) is 3.22. The van der Waals surface area contributed by atoms with Crippen molar-refractivity contribution in [2.45, 2.75) is 65.2 Å². The molecule has 0 N–H and O–H groups in total. The third-order valence-corrected chi connectivity index (χ3v) is 4.81. The lowest BCUT2D eigenvalue weighted by Gasteiger charge is -2.16. The van der Waals surface area contributed by atoms with Crippen molar-refractivity contribution >= 4 is 5.97 Å². The van der Waals surface area contributed by atoms with Crippen molar-refractivity contribution in [1.29, 1.82) is 0 Å². The second-order valence-corrected chi connectivity index (χ2v) is 7.00. The minimum atomic E-state index is -0.0693.